The Labute approximate surface area is 95.3 Å². The Bertz CT molecular complexity index is 392. The first-order chi connectivity index (χ1) is 7.56. The molecule has 1 aromatic heterocycles. The fourth-order valence-electron chi connectivity index (χ4n) is 1.32. The zero-order chi connectivity index (χ0) is 12.0. The maximum atomic E-state index is 11.2. The molecule has 0 saturated carbocycles. The number of pyridine rings is 1. The van der Waals surface area contributed by atoms with Crippen molar-refractivity contribution in [3.05, 3.63) is 30.1 Å². The van der Waals surface area contributed by atoms with Crippen molar-refractivity contribution in [2.24, 2.45) is 0 Å². The number of carbonyl (C=O) groups excluding carboxylic acids is 1. The number of nitrogens with zero attached hydrogens (tertiary/aromatic N) is 2. The highest BCUT2D eigenvalue weighted by molar-refractivity contribution is 5.78. The van der Waals surface area contributed by atoms with Crippen molar-refractivity contribution in [2.45, 2.75) is 25.7 Å². The van der Waals surface area contributed by atoms with E-state index in [1.807, 2.05) is 32.0 Å². The van der Waals surface area contributed by atoms with Gasteiger partial charge in [0.15, 0.2) is 0 Å². The van der Waals surface area contributed by atoms with Crippen molar-refractivity contribution in [3.8, 4) is 6.07 Å². The average molecular weight is 217 g/mol. The summed E-state index contributed by atoms with van der Waals surface area (Å²) in [5.41, 5.74) is 0.881. The summed E-state index contributed by atoms with van der Waals surface area (Å²) in [7, 11) is 0. The Balaban J connectivity index is 2.60. The van der Waals surface area contributed by atoms with Crippen molar-refractivity contribution in [2.75, 3.05) is 6.54 Å². The van der Waals surface area contributed by atoms with E-state index in [0.29, 0.717) is 6.54 Å². The van der Waals surface area contributed by atoms with Crippen LogP contribution in [-0.2, 0) is 10.2 Å². The maximum Gasteiger partial charge on any atom is 0.234 e. The molecule has 0 aliphatic carbocycles. The van der Waals surface area contributed by atoms with Gasteiger partial charge in [-0.15, -0.1) is 0 Å². The zero-order valence-electron chi connectivity index (χ0n) is 9.53. The average Bonchev–Trinajstić information content (AvgIpc) is 2.28. The Morgan fingerprint density at radius 3 is 2.94 bits per heavy atom. The summed E-state index contributed by atoms with van der Waals surface area (Å²) in [6, 6.07) is 5.66. The molecule has 4 nitrogen and oxygen atoms in total. The van der Waals surface area contributed by atoms with Gasteiger partial charge in [0.2, 0.25) is 5.91 Å². The first-order valence-electron chi connectivity index (χ1n) is 5.10. The number of nitriles is 1. The Hall–Kier alpha value is -1.89. The van der Waals surface area contributed by atoms with Gasteiger partial charge in [-0.2, -0.15) is 5.26 Å². The summed E-state index contributed by atoms with van der Waals surface area (Å²) < 4.78 is 0. The monoisotopic (exact) mass is 217 g/mol. The maximum absolute atomic E-state index is 11.2. The van der Waals surface area contributed by atoms with E-state index in [1.165, 1.54) is 0 Å². The number of carbonyl (C=O) groups is 1. The molecule has 0 atom stereocenters. The molecule has 0 aromatic carbocycles. The molecular weight excluding hydrogens is 202 g/mol. The lowest BCUT2D eigenvalue weighted by Gasteiger charge is -2.24. The molecule has 0 aliphatic heterocycles. The molecule has 0 bridgehead atoms. The summed E-state index contributed by atoms with van der Waals surface area (Å²) in [4.78, 5) is 15.2. The minimum absolute atomic E-state index is 0.0941. The van der Waals surface area contributed by atoms with E-state index >= 15 is 0 Å². The molecule has 1 aromatic rings. The fraction of sp³-hybridized carbons (Fsp3) is 0.417. The molecule has 0 saturated heterocycles. The van der Waals surface area contributed by atoms with Crippen LogP contribution < -0.4 is 5.32 Å². The third-order valence-electron chi connectivity index (χ3n) is 2.41. The number of amides is 1. The van der Waals surface area contributed by atoms with E-state index in [2.05, 4.69) is 10.3 Å². The van der Waals surface area contributed by atoms with Gasteiger partial charge in [0.1, 0.15) is 6.42 Å². The van der Waals surface area contributed by atoms with Gasteiger partial charge >= 0.3 is 0 Å². The molecule has 0 aliphatic rings. The Morgan fingerprint density at radius 1 is 1.62 bits per heavy atom. The highest BCUT2D eigenvalue weighted by Gasteiger charge is 2.21. The lowest BCUT2D eigenvalue weighted by Crippen LogP contribution is -2.36. The number of hydrogen-bond acceptors (Lipinski definition) is 3. The lowest BCUT2D eigenvalue weighted by atomic mass is 9.85. The Morgan fingerprint density at radius 2 is 2.38 bits per heavy atom. The summed E-state index contributed by atoms with van der Waals surface area (Å²) >= 11 is 0. The van der Waals surface area contributed by atoms with Crippen LogP contribution in [0.3, 0.4) is 0 Å². The van der Waals surface area contributed by atoms with E-state index in [-0.39, 0.29) is 17.7 Å². The van der Waals surface area contributed by atoms with Crippen LogP contribution in [0.5, 0.6) is 0 Å². The first-order valence-corrected chi connectivity index (χ1v) is 5.10. The fourth-order valence-corrected chi connectivity index (χ4v) is 1.32. The van der Waals surface area contributed by atoms with Crippen molar-refractivity contribution in [3.63, 3.8) is 0 Å². The Kier molecular flexibility index (Phi) is 4.01. The minimum atomic E-state index is -0.237. The molecule has 1 N–H and O–H groups in total. The summed E-state index contributed by atoms with van der Waals surface area (Å²) in [6.07, 6.45) is 3.41. The van der Waals surface area contributed by atoms with Gasteiger partial charge in [-0.25, -0.2) is 0 Å². The van der Waals surface area contributed by atoms with Gasteiger partial charge in [0.05, 0.1) is 6.07 Å². The van der Waals surface area contributed by atoms with E-state index < -0.39 is 0 Å². The summed E-state index contributed by atoms with van der Waals surface area (Å²) in [6.45, 7) is 4.55. The molecule has 84 valence electrons. The van der Waals surface area contributed by atoms with Crippen LogP contribution in [0.15, 0.2) is 24.5 Å². The standard InChI is InChI=1S/C12H15N3O/c1-12(2,9-15-11(16)5-6-13)10-4-3-7-14-8-10/h3-4,7-8H,5,9H2,1-2H3,(H,15,16). The van der Waals surface area contributed by atoms with Crippen molar-refractivity contribution in [1.29, 1.82) is 5.26 Å². The quantitative estimate of drug-likeness (QED) is 0.828. The number of rotatable bonds is 4. The molecule has 1 heterocycles. The minimum Gasteiger partial charge on any atom is -0.354 e. The van der Waals surface area contributed by atoms with Crippen molar-refractivity contribution in [1.82, 2.24) is 10.3 Å². The molecule has 16 heavy (non-hydrogen) atoms. The molecule has 0 unspecified atom stereocenters. The van der Waals surface area contributed by atoms with E-state index in [1.54, 1.807) is 12.4 Å². The van der Waals surface area contributed by atoms with Crippen LogP contribution in [0.4, 0.5) is 0 Å². The second-order valence-electron chi connectivity index (χ2n) is 4.24. The second-order valence-corrected chi connectivity index (χ2v) is 4.24. The van der Waals surface area contributed by atoms with Crippen LogP contribution in [-0.4, -0.2) is 17.4 Å². The zero-order valence-corrected chi connectivity index (χ0v) is 9.53. The van der Waals surface area contributed by atoms with Gasteiger partial charge in [-0.1, -0.05) is 19.9 Å². The van der Waals surface area contributed by atoms with Gasteiger partial charge in [-0.3, -0.25) is 9.78 Å². The molecule has 4 heteroatoms. The predicted octanol–water partition coefficient (Wildman–Crippen LogP) is 1.39. The van der Waals surface area contributed by atoms with Crippen LogP contribution in [0.25, 0.3) is 0 Å². The highest BCUT2D eigenvalue weighted by atomic mass is 16.1. The number of aromatic nitrogens is 1. The smallest absolute Gasteiger partial charge is 0.234 e. The molecule has 0 spiro atoms. The SMILES string of the molecule is CC(C)(CNC(=O)CC#N)c1cccnc1. The molecular formula is C12H15N3O. The van der Waals surface area contributed by atoms with Crippen molar-refractivity contribution >= 4 is 5.91 Å². The van der Waals surface area contributed by atoms with E-state index in [9.17, 15) is 4.79 Å². The van der Waals surface area contributed by atoms with Crippen LogP contribution >= 0.6 is 0 Å². The highest BCUT2D eigenvalue weighted by Crippen LogP contribution is 2.20. The third kappa shape index (κ3) is 3.35. The summed E-state index contributed by atoms with van der Waals surface area (Å²) in [5, 5.41) is 11.1. The summed E-state index contributed by atoms with van der Waals surface area (Å²) in [5.74, 6) is -0.237. The molecule has 1 amide bonds. The largest absolute Gasteiger partial charge is 0.354 e. The molecule has 1 rings (SSSR count). The van der Waals surface area contributed by atoms with E-state index in [4.69, 9.17) is 5.26 Å². The van der Waals surface area contributed by atoms with E-state index in [0.717, 1.165) is 5.56 Å². The predicted molar refractivity (Wildman–Crippen MR) is 60.5 cm³/mol. The van der Waals surface area contributed by atoms with Crippen LogP contribution in [0.1, 0.15) is 25.8 Å². The normalized spacial score (nSPS) is 10.6. The van der Waals surface area contributed by atoms with Gasteiger partial charge in [0.25, 0.3) is 0 Å². The van der Waals surface area contributed by atoms with Gasteiger partial charge in [0, 0.05) is 24.4 Å². The molecule has 0 fully saturated rings. The van der Waals surface area contributed by atoms with Gasteiger partial charge < -0.3 is 5.32 Å². The topological polar surface area (TPSA) is 65.8 Å². The second kappa shape index (κ2) is 5.26. The number of nitrogens with one attached hydrogen (secondary N) is 1. The first kappa shape index (κ1) is 12.2. The van der Waals surface area contributed by atoms with Crippen molar-refractivity contribution < 1.29 is 4.79 Å². The van der Waals surface area contributed by atoms with Crippen LogP contribution in [0.2, 0.25) is 0 Å². The van der Waals surface area contributed by atoms with Gasteiger partial charge in [-0.05, 0) is 11.6 Å². The van der Waals surface area contributed by atoms with Crippen LogP contribution in [0, 0.1) is 11.3 Å². The third-order valence-corrected chi connectivity index (χ3v) is 2.41. The number of hydrogen-bond donors (Lipinski definition) is 1. The molecule has 0 radical (unpaired) electrons. The lowest BCUT2D eigenvalue weighted by molar-refractivity contribution is -0.120.